The third kappa shape index (κ3) is 2.38. The molecule has 0 aliphatic carbocycles. The molecule has 4 nitrogen and oxygen atoms in total. The van der Waals surface area contributed by atoms with E-state index in [1.54, 1.807) is 0 Å². The predicted octanol–water partition coefficient (Wildman–Crippen LogP) is 2.27. The molecular formula is C9H14N2O2S2. The maximum Gasteiger partial charge on any atom is 0.350 e. The Balaban J connectivity index is 3.14. The van der Waals surface area contributed by atoms with Gasteiger partial charge in [-0.15, -0.1) is 23.1 Å². The maximum atomic E-state index is 11.4. The standard InChI is InChI=1S/C9H14N2O2S2/c1-4-11-8-6(14-3)5(10)7(15-8)9(12)13-2/h11H,4,10H2,1-3H3. The largest absolute Gasteiger partial charge is 0.465 e. The zero-order valence-corrected chi connectivity index (χ0v) is 10.6. The molecule has 0 saturated heterocycles. The van der Waals surface area contributed by atoms with Gasteiger partial charge in [0.1, 0.15) is 9.88 Å². The van der Waals surface area contributed by atoms with Gasteiger partial charge >= 0.3 is 5.97 Å². The summed E-state index contributed by atoms with van der Waals surface area (Å²) in [5, 5.41) is 4.11. The van der Waals surface area contributed by atoms with E-state index in [0.29, 0.717) is 10.6 Å². The molecule has 0 unspecified atom stereocenters. The molecule has 0 amide bonds. The SMILES string of the molecule is CCNc1sc(C(=O)OC)c(N)c1SC. The second-order valence-electron chi connectivity index (χ2n) is 2.73. The number of esters is 1. The minimum Gasteiger partial charge on any atom is -0.465 e. The van der Waals surface area contributed by atoms with Gasteiger partial charge in [-0.05, 0) is 13.2 Å². The van der Waals surface area contributed by atoms with Gasteiger partial charge in [-0.1, -0.05) is 0 Å². The first-order valence-electron chi connectivity index (χ1n) is 4.44. The molecular weight excluding hydrogens is 232 g/mol. The molecule has 0 saturated carbocycles. The lowest BCUT2D eigenvalue weighted by molar-refractivity contribution is 0.0607. The molecule has 6 heteroatoms. The van der Waals surface area contributed by atoms with Crippen LogP contribution in [0.2, 0.25) is 0 Å². The van der Waals surface area contributed by atoms with Gasteiger partial charge in [0.15, 0.2) is 0 Å². The number of thiophene rings is 1. The third-order valence-corrected chi connectivity index (χ3v) is 3.92. The molecule has 3 N–H and O–H groups in total. The highest BCUT2D eigenvalue weighted by molar-refractivity contribution is 7.99. The van der Waals surface area contributed by atoms with Crippen molar-refractivity contribution < 1.29 is 9.53 Å². The molecule has 1 aromatic heterocycles. The van der Waals surface area contributed by atoms with Crippen molar-refractivity contribution in [2.45, 2.75) is 11.8 Å². The second kappa shape index (κ2) is 5.27. The van der Waals surface area contributed by atoms with Gasteiger partial charge in [-0.3, -0.25) is 0 Å². The summed E-state index contributed by atoms with van der Waals surface area (Å²) in [5.74, 6) is -0.378. The van der Waals surface area contributed by atoms with E-state index in [1.807, 2.05) is 13.2 Å². The minimum absolute atomic E-state index is 0.378. The van der Waals surface area contributed by atoms with Crippen LogP contribution in [0.25, 0.3) is 0 Å². The van der Waals surface area contributed by atoms with E-state index in [-0.39, 0.29) is 5.97 Å². The number of thioether (sulfide) groups is 1. The van der Waals surface area contributed by atoms with E-state index in [4.69, 9.17) is 5.73 Å². The number of methoxy groups -OCH3 is 1. The Bertz CT molecular complexity index is 363. The molecule has 0 radical (unpaired) electrons. The summed E-state index contributed by atoms with van der Waals surface area (Å²) in [7, 11) is 1.35. The maximum absolute atomic E-state index is 11.4. The molecule has 0 fully saturated rings. The molecule has 1 heterocycles. The fourth-order valence-corrected chi connectivity index (χ4v) is 3.17. The van der Waals surface area contributed by atoms with Crippen LogP contribution in [0.1, 0.15) is 16.6 Å². The van der Waals surface area contributed by atoms with Gasteiger partial charge in [-0.25, -0.2) is 4.79 Å². The normalized spacial score (nSPS) is 10.1. The molecule has 0 aromatic carbocycles. The van der Waals surface area contributed by atoms with Crippen LogP contribution in [0, 0.1) is 0 Å². The Hall–Kier alpha value is -0.880. The summed E-state index contributed by atoms with van der Waals surface area (Å²) < 4.78 is 4.66. The van der Waals surface area contributed by atoms with Crippen LogP contribution in [-0.2, 0) is 4.74 Å². The lowest BCUT2D eigenvalue weighted by Crippen LogP contribution is -2.01. The first kappa shape index (κ1) is 12.2. The van der Waals surface area contributed by atoms with Crippen molar-refractivity contribution >= 4 is 39.8 Å². The molecule has 0 spiro atoms. The third-order valence-electron chi connectivity index (χ3n) is 1.81. The van der Waals surface area contributed by atoms with Crippen molar-refractivity contribution in [2.75, 3.05) is 31.0 Å². The van der Waals surface area contributed by atoms with E-state index in [2.05, 4.69) is 10.1 Å². The van der Waals surface area contributed by atoms with E-state index < -0.39 is 0 Å². The summed E-state index contributed by atoms with van der Waals surface area (Å²) in [6, 6.07) is 0. The lowest BCUT2D eigenvalue weighted by Gasteiger charge is -2.01. The topological polar surface area (TPSA) is 64.3 Å². The summed E-state index contributed by atoms with van der Waals surface area (Å²) in [6.45, 7) is 2.80. The van der Waals surface area contributed by atoms with Crippen molar-refractivity contribution in [3.05, 3.63) is 4.88 Å². The zero-order valence-electron chi connectivity index (χ0n) is 8.92. The average Bonchev–Trinajstić information content (AvgIpc) is 2.55. The van der Waals surface area contributed by atoms with Crippen LogP contribution in [0.15, 0.2) is 4.90 Å². The molecule has 0 atom stereocenters. The van der Waals surface area contributed by atoms with Crippen molar-refractivity contribution in [3.63, 3.8) is 0 Å². The number of hydrogen-bond acceptors (Lipinski definition) is 6. The fraction of sp³-hybridized carbons (Fsp3) is 0.444. The number of rotatable bonds is 4. The highest BCUT2D eigenvalue weighted by atomic mass is 32.2. The molecule has 1 aromatic rings. The zero-order chi connectivity index (χ0) is 11.4. The number of nitrogen functional groups attached to an aromatic ring is 1. The molecule has 0 aliphatic heterocycles. The fourth-order valence-electron chi connectivity index (χ4n) is 1.15. The average molecular weight is 246 g/mol. The van der Waals surface area contributed by atoms with Crippen molar-refractivity contribution in [1.29, 1.82) is 0 Å². The minimum atomic E-state index is -0.378. The number of anilines is 2. The lowest BCUT2D eigenvalue weighted by atomic mass is 10.4. The first-order chi connectivity index (χ1) is 7.15. The Morgan fingerprint density at radius 1 is 1.67 bits per heavy atom. The van der Waals surface area contributed by atoms with Crippen LogP contribution >= 0.6 is 23.1 Å². The number of hydrogen-bond donors (Lipinski definition) is 2. The van der Waals surface area contributed by atoms with Gasteiger partial charge in [0.25, 0.3) is 0 Å². The van der Waals surface area contributed by atoms with E-state index in [9.17, 15) is 4.79 Å². The molecule has 15 heavy (non-hydrogen) atoms. The molecule has 0 aliphatic rings. The van der Waals surface area contributed by atoms with Crippen LogP contribution in [-0.4, -0.2) is 25.9 Å². The van der Waals surface area contributed by atoms with E-state index in [0.717, 1.165) is 16.4 Å². The van der Waals surface area contributed by atoms with Crippen molar-refractivity contribution in [2.24, 2.45) is 0 Å². The number of nitrogens with two attached hydrogens (primary N) is 1. The molecule has 1 rings (SSSR count). The van der Waals surface area contributed by atoms with Crippen LogP contribution in [0.5, 0.6) is 0 Å². The highest BCUT2D eigenvalue weighted by Crippen LogP contribution is 2.41. The Labute approximate surface area is 97.2 Å². The van der Waals surface area contributed by atoms with Crippen molar-refractivity contribution in [3.8, 4) is 0 Å². The Morgan fingerprint density at radius 3 is 2.80 bits per heavy atom. The van der Waals surface area contributed by atoms with Gasteiger partial charge < -0.3 is 15.8 Å². The smallest absolute Gasteiger partial charge is 0.350 e. The van der Waals surface area contributed by atoms with E-state index >= 15 is 0 Å². The second-order valence-corrected chi connectivity index (χ2v) is 4.57. The number of ether oxygens (including phenoxy) is 1. The highest BCUT2D eigenvalue weighted by Gasteiger charge is 2.20. The number of nitrogens with one attached hydrogen (secondary N) is 1. The quantitative estimate of drug-likeness (QED) is 0.630. The summed E-state index contributed by atoms with van der Waals surface area (Å²) in [4.78, 5) is 12.8. The Kier molecular flexibility index (Phi) is 4.28. The summed E-state index contributed by atoms with van der Waals surface area (Å²) in [6.07, 6.45) is 1.93. The summed E-state index contributed by atoms with van der Waals surface area (Å²) >= 11 is 2.86. The molecule has 84 valence electrons. The number of carbonyl (C=O) groups is 1. The number of carbonyl (C=O) groups excluding carboxylic acids is 1. The van der Waals surface area contributed by atoms with Crippen LogP contribution < -0.4 is 11.1 Å². The Morgan fingerprint density at radius 2 is 2.33 bits per heavy atom. The van der Waals surface area contributed by atoms with Crippen LogP contribution in [0.3, 0.4) is 0 Å². The monoisotopic (exact) mass is 246 g/mol. The van der Waals surface area contributed by atoms with Gasteiger partial charge in [0.2, 0.25) is 0 Å². The van der Waals surface area contributed by atoms with Crippen LogP contribution in [0.4, 0.5) is 10.7 Å². The van der Waals surface area contributed by atoms with Gasteiger partial charge in [-0.2, -0.15) is 0 Å². The molecule has 0 bridgehead atoms. The van der Waals surface area contributed by atoms with Crippen molar-refractivity contribution in [1.82, 2.24) is 0 Å². The van der Waals surface area contributed by atoms with Gasteiger partial charge in [0, 0.05) is 6.54 Å². The van der Waals surface area contributed by atoms with Gasteiger partial charge in [0.05, 0.1) is 17.7 Å². The van der Waals surface area contributed by atoms with E-state index in [1.165, 1.54) is 30.2 Å². The predicted molar refractivity (Wildman–Crippen MR) is 66.0 cm³/mol. The summed E-state index contributed by atoms with van der Waals surface area (Å²) in [5.41, 5.74) is 6.38. The first-order valence-corrected chi connectivity index (χ1v) is 6.48.